The van der Waals surface area contributed by atoms with Crippen LogP contribution in [0.2, 0.25) is 5.02 Å². The third kappa shape index (κ3) is 4.99. The van der Waals surface area contributed by atoms with Gasteiger partial charge in [-0.1, -0.05) is 41.9 Å². The van der Waals surface area contributed by atoms with Crippen LogP contribution in [0.3, 0.4) is 0 Å². The van der Waals surface area contributed by atoms with E-state index in [4.69, 9.17) is 25.8 Å². The zero-order valence-electron chi connectivity index (χ0n) is 15.7. The average Bonchev–Trinajstić information content (AvgIpc) is 2.74. The fraction of sp³-hybridized carbons (Fsp3) is 0.143. The first kappa shape index (κ1) is 21.0. The van der Waals surface area contributed by atoms with Crippen LogP contribution < -0.4 is 19.6 Å². The van der Waals surface area contributed by atoms with Crippen molar-refractivity contribution in [3.63, 3.8) is 0 Å². The number of amides is 1. The molecule has 0 radical (unpaired) electrons. The van der Waals surface area contributed by atoms with Crippen LogP contribution in [0.5, 0.6) is 17.2 Å². The van der Waals surface area contributed by atoms with Crippen molar-refractivity contribution in [1.29, 1.82) is 0 Å². The maximum Gasteiger partial charge on any atom is 0.277 e. The first-order valence-corrected chi connectivity index (χ1v) is 9.74. The molecule has 0 spiro atoms. The normalized spacial score (nSPS) is 10.9. The summed E-state index contributed by atoms with van der Waals surface area (Å²) in [5.74, 6) is 1.19. The topological polar surface area (TPSA) is 69.2 Å². The number of methoxy groups -OCH3 is 2. The Hall–Kier alpha value is -2.77. The second-order valence-corrected chi connectivity index (χ2v) is 7.11. The highest BCUT2D eigenvalue weighted by Crippen LogP contribution is 2.33. The first-order chi connectivity index (χ1) is 14.0. The van der Waals surface area contributed by atoms with Gasteiger partial charge in [-0.2, -0.15) is 5.10 Å². The molecular weight excluding hydrogens is 460 g/mol. The molecule has 0 aliphatic carbocycles. The molecule has 1 amide bonds. The Kier molecular flexibility index (Phi) is 6.95. The molecule has 8 heteroatoms. The summed E-state index contributed by atoms with van der Waals surface area (Å²) in [5.41, 5.74) is 2.98. The van der Waals surface area contributed by atoms with E-state index in [1.807, 2.05) is 36.4 Å². The van der Waals surface area contributed by atoms with E-state index in [-0.39, 0.29) is 6.61 Å². The molecule has 0 aliphatic heterocycles. The van der Waals surface area contributed by atoms with Gasteiger partial charge in [0.25, 0.3) is 5.91 Å². The van der Waals surface area contributed by atoms with Crippen LogP contribution in [-0.4, -0.2) is 32.9 Å². The van der Waals surface area contributed by atoms with Gasteiger partial charge in [-0.15, -0.1) is 0 Å². The minimum absolute atomic E-state index is 0.187. The lowest BCUT2D eigenvalue weighted by atomic mass is 10.1. The largest absolute Gasteiger partial charge is 0.493 e. The number of nitrogens with one attached hydrogen (secondary N) is 1. The van der Waals surface area contributed by atoms with Gasteiger partial charge in [0.05, 0.1) is 29.9 Å². The third-order valence-corrected chi connectivity index (χ3v) is 5.23. The highest BCUT2D eigenvalue weighted by atomic mass is 79.9. The summed E-state index contributed by atoms with van der Waals surface area (Å²) in [7, 11) is 3.05. The van der Waals surface area contributed by atoms with Gasteiger partial charge in [-0.25, -0.2) is 5.43 Å². The van der Waals surface area contributed by atoms with E-state index in [0.717, 1.165) is 15.2 Å². The predicted molar refractivity (Wildman–Crippen MR) is 117 cm³/mol. The Bertz CT molecular complexity index is 1070. The minimum Gasteiger partial charge on any atom is -0.493 e. The fourth-order valence-electron chi connectivity index (χ4n) is 2.64. The first-order valence-electron chi connectivity index (χ1n) is 8.57. The second-order valence-electron chi connectivity index (χ2n) is 5.91. The van der Waals surface area contributed by atoms with Crippen molar-refractivity contribution in [1.82, 2.24) is 5.43 Å². The minimum atomic E-state index is -0.405. The van der Waals surface area contributed by atoms with Gasteiger partial charge in [-0.3, -0.25) is 4.79 Å². The molecule has 1 N–H and O–H groups in total. The number of benzene rings is 3. The van der Waals surface area contributed by atoms with Gasteiger partial charge in [-0.05, 0) is 38.8 Å². The Morgan fingerprint density at radius 3 is 2.59 bits per heavy atom. The quantitative estimate of drug-likeness (QED) is 0.392. The lowest BCUT2D eigenvalue weighted by Gasteiger charge is -2.10. The fourth-order valence-corrected chi connectivity index (χ4v) is 3.45. The highest BCUT2D eigenvalue weighted by molar-refractivity contribution is 9.10. The Balaban J connectivity index is 1.61. The smallest absolute Gasteiger partial charge is 0.277 e. The van der Waals surface area contributed by atoms with Crippen molar-refractivity contribution in [2.24, 2.45) is 5.10 Å². The Labute approximate surface area is 181 Å². The van der Waals surface area contributed by atoms with Gasteiger partial charge in [0, 0.05) is 11.6 Å². The number of hydrogen-bond acceptors (Lipinski definition) is 5. The molecule has 0 heterocycles. The summed E-state index contributed by atoms with van der Waals surface area (Å²) in [6.07, 6.45) is 1.42. The number of ether oxygens (including phenoxy) is 3. The molecule has 0 fully saturated rings. The second kappa shape index (κ2) is 9.62. The van der Waals surface area contributed by atoms with E-state index in [1.165, 1.54) is 20.4 Å². The zero-order valence-corrected chi connectivity index (χ0v) is 18.1. The number of nitrogens with zero attached hydrogens (tertiary/aromatic N) is 1. The zero-order chi connectivity index (χ0) is 20.8. The van der Waals surface area contributed by atoms with E-state index < -0.39 is 5.91 Å². The summed E-state index contributed by atoms with van der Waals surface area (Å²) >= 11 is 9.71. The van der Waals surface area contributed by atoms with Gasteiger partial charge < -0.3 is 14.2 Å². The molecule has 0 saturated heterocycles. The summed E-state index contributed by atoms with van der Waals surface area (Å²) < 4.78 is 16.8. The van der Waals surface area contributed by atoms with Gasteiger partial charge in [0.1, 0.15) is 5.75 Å². The van der Waals surface area contributed by atoms with Gasteiger partial charge in [0.15, 0.2) is 18.1 Å². The maximum atomic E-state index is 12.0. The highest BCUT2D eigenvalue weighted by Gasteiger charge is 2.10. The number of halogens is 2. The van der Waals surface area contributed by atoms with Crippen LogP contribution in [0.1, 0.15) is 5.56 Å². The molecule has 6 nitrogen and oxygen atoms in total. The maximum absolute atomic E-state index is 12.0. The van der Waals surface area contributed by atoms with Crippen molar-refractivity contribution >= 4 is 50.4 Å². The van der Waals surface area contributed by atoms with Crippen molar-refractivity contribution in [3.05, 3.63) is 63.6 Å². The molecule has 3 rings (SSSR count). The molecule has 3 aromatic carbocycles. The number of hydrogen-bond donors (Lipinski definition) is 1. The van der Waals surface area contributed by atoms with E-state index in [0.29, 0.717) is 27.8 Å². The SMILES string of the molecule is COc1cc(Cl)c(/C=N/NC(=O)COc2ccc3ccccc3c2Br)cc1OC. The third-order valence-electron chi connectivity index (χ3n) is 4.08. The van der Waals surface area contributed by atoms with Crippen LogP contribution >= 0.6 is 27.5 Å². The predicted octanol–water partition coefficient (Wildman–Crippen LogP) is 4.80. The van der Waals surface area contributed by atoms with E-state index in [2.05, 4.69) is 26.5 Å². The molecule has 0 saturated carbocycles. The Morgan fingerprint density at radius 2 is 1.83 bits per heavy atom. The molecule has 29 heavy (non-hydrogen) atoms. The van der Waals surface area contributed by atoms with Crippen LogP contribution in [0, 0.1) is 0 Å². The van der Waals surface area contributed by atoms with Crippen molar-refractivity contribution < 1.29 is 19.0 Å². The van der Waals surface area contributed by atoms with Crippen molar-refractivity contribution in [3.8, 4) is 17.2 Å². The van der Waals surface area contributed by atoms with Crippen molar-refractivity contribution in [2.45, 2.75) is 0 Å². The summed E-state index contributed by atoms with van der Waals surface area (Å²) in [6, 6.07) is 14.9. The lowest BCUT2D eigenvalue weighted by molar-refractivity contribution is -0.123. The number of carbonyl (C=O) groups excluding carboxylic acids is 1. The lowest BCUT2D eigenvalue weighted by Crippen LogP contribution is -2.24. The summed E-state index contributed by atoms with van der Waals surface area (Å²) in [4.78, 5) is 12.0. The summed E-state index contributed by atoms with van der Waals surface area (Å²) in [6.45, 7) is -0.187. The standard InChI is InChI=1S/C21H18BrClN2O4/c1-27-18-9-14(16(23)10-19(18)28-2)11-24-25-20(26)12-29-17-8-7-13-5-3-4-6-15(13)21(17)22/h3-11H,12H2,1-2H3,(H,25,26)/b24-11+. The molecule has 0 unspecified atom stereocenters. The number of rotatable bonds is 7. The van der Waals surface area contributed by atoms with Crippen LogP contribution in [0.25, 0.3) is 10.8 Å². The van der Waals surface area contributed by atoms with E-state index in [1.54, 1.807) is 12.1 Å². The Morgan fingerprint density at radius 1 is 1.10 bits per heavy atom. The summed E-state index contributed by atoms with van der Waals surface area (Å²) in [5, 5.41) is 6.42. The molecule has 3 aromatic rings. The van der Waals surface area contributed by atoms with E-state index in [9.17, 15) is 4.79 Å². The monoisotopic (exact) mass is 476 g/mol. The number of carbonyl (C=O) groups is 1. The molecule has 0 aliphatic rings. The average molecular weight is 478 g/mol. The molecule has 0 bridgehead atoms. The van der Waals surface area contributed by atoms with Gasteiger partial charge >= 0.3 is 0 Å². The van der Waals surface area contributed by atoms with Crippen LogP contribution in [-0.2, 0) is 4.79 Å². The molecule has 150 valence electrons. The van der Waals surface area contributed by atoms with Crippen LogP contribution in [0.15, 0.2) is 58.1 Å². The molecule has 0 aromatic heterocycles. The molecular formula is C21H18BrClN2O4. The van der Waals surface area contributed by atoms with E-state index >= 15 is 0 Å². The van der Waals surface area contributed by atoms with Crippen LogP contribution in [0.4, 0.5) is 0 Å². The van der Waals surface area contributed by atoms with Crippen molar-refractivity contribution in [2.75, 3.05) is 20.8 Å². The number of hydrazone groups is 1. The molecule has 0 atom stereocenters. The number of fused-ring (bicyclic) bond motifs is 1. The van der Waals surface area contributed by atoms with Gasteiger partial charge in [0.2, 0.25) is 0 Å².